The van der Waals surface area contributed by atoms with Gasteiger partial charge in [0, 0.05) is 33.9 Å². The van der Waals surface area contributed by atoms with Crippen molar-refractivity contribution in [2.45, 2.75) is 64.9 Å². The molecule has 1 saturated heterocycles. The van der Waals surface area contributed by atoms with Crippen molar-refractivity contribution in [3.63, 3.8) is 0 Å². The van der Waals surface area contributed by atoms with Gasteiger partial charge in [-0.25, -0.2) is 4.79 Å². The highest BCUT2D eigenvalue weighted by Gasteiger charge is 2.51. The molecule has 0 aliphatic carbocycles. The molecule has 1 fully saturated rings. The highest BCUT2D eigenvalue weighted by molar-refractivity contribution is 5.90. The molecule has 1 aliphatic heterocycles. The van der Waals surface area contributed by atoms with E-state index >= 15 is 0 Å². The van der Waals surface area contributed by atoms with E-state index < -0.39 is 60.4 Å². The van der Waals surface area contributed by atoms with Crippen molar-refractivity contribution in [1.29, 1.82) is 0 Å². The monoisotopic (exact) mass is 496 g/mol. The van der Waals surface area contributed by atoms with Crippen LogP contribution < -0.4 is 5.32 Å². The topological polar surface area (TPSA) is 166 Å². The van der Waals surface area contributed by atoms with Crippen LogP contribution in [0.25, 0.3) is 0 Å². The van der Waals surface area contributed by atoms with Gasteiger partial charge in [0.05, 0.1) is 25.0 Å². The predicted molar refractivity (Wildman–Crippen MR) is 114 cm³/mol. The van der Waals surface area contributed by atoms with E-state index in [0.717, 1.165) is 13.8 Å². The minimum absolute atomic E-state index is 0.146. The van der Waals surface area contributed by atoms with Gasteiger partial charge in [0.1, 0.15) is 18.8 Å². The summed E-state index contributed by atoms with van der Waals surface area (Å²) in [6, 6.07) is 1.90. The Kier molecular flexibility index (Phi) is 10.1. The number of ether oxygens (including phenoxy) is 6. The summed E-state index contributed by atoms with van der Waals surface area (Å²) in [7, 11) is 1.22. The molecule has 2 rings (SSSR count). The van der Waals surface area contributed by atoms with Crippen molar-refractivity contribution in [2.75, 3.05) is 13.7 Å². The van der Waals surface area contributed by atoms with E-state index in [4.69, 9.17) is 28.4 Å². The summed E-state index contributed by atoms with van der Waals surface area (Å²) in [4.78, 5) is 63.2. The second kappa shape index (κ2) is 12.8. The number of pyridine rings is 1. The van der Waals surface area contributed by atoms with Crippen molar-refractivity contribution < 1.29 is 52.4 Å². The van der Waals surface area contributed by atoms with Gasteiger partial charge in [-0.2, -0.15) is 0 Å². The van der Waals surface area contributed by atoms with Crippen LogP contribution >= 0.6 is 0 Å². The third-order valence-electron chi connectivity index (χ3n) is 4.75. The summed E-state index contributed by atoms with van der Waals surface area (Å²) < 4.78 is 32.2. The Bertz CT molecular complexity index is 951. The van der Waals surface area contributed by atoms with E-state index in [0.29, 0.717) is 0 Å². The van der Waals surface area contributed by atoms with Crippen LogP contribution in [0.5, 0.6) is 0 Å². The van der Waals surface area contributed by atoms with Gasteiger partial charge >= 0.3 is 23.9 Å². The molecule has 1 amide bonds. The Morgan fingerprint density at radius 1 is 1.00 bits per heavy atom. The van der Waals surface area contributed by atoms with Gasteiger partial charge < -0.3 is 33.7 Å². The lowest BCUT2D eigenvalue weighted by molar-refractivity contribution is -0.280. The van der Waals surface area contributed by atoms with Gasteiger partial charge in [-0.05, 0) is 12.1 Å². The number of carbonyl (C=O) groups is 5. The van der Waals surface area contributed by atoms with Gasteiger partial charge in [-0.15, -0.1) is 0 Å². The molecule has 0 spiro atoms. The number of nitrogens with zero attached hydrogens (tertiary/aromatic N) is 1. The summed E-state index contributed by atoms with van der Waals surface area (Å²) in [6.07, 6.45) is -3.47. The van der Waals surface area contributed by atoms with Crippen molar-refractivity contribution in [3.05, 3.63) is 29.6 Å². The van der Waals surface area contributed by atoms with Crippen molar-refractivity contribution in [3.8, 4) is 0 Å². The first-order valence-electron chi connectivity index (χ1n) is 10.6. The molecule has 1 N–H and O–H groups in total. The lowest BCUT2D eigenvalue weighted by atomic mass is 9.96. The zero-order valence-electron chi connectivity index (χ0n) is 20.0. The molecule has 5 atom stereocenters. The Morgan fingerprint density at radius 2 is 1.66 bits per heavy atom. The molecule has 0 unspecified atom stereocenters. The van der Waals surface area contributed by atoms with E-state index in [1.807, 2.05) is 0 Å². The molecule has 1 aliphatic rings. The van der Waals surface area contributed by atoms with Crippen LogP contribution in [0.15, 0.2) is 18.3 Å². The molecule has 13 heteroatoms. The minimum atomic E-state index is -1.29. The highest BCUT2D eigenvalue weighted by atomic mass is 16.7. The molecular formula is C22H28N2O11. The van der Waals surface area contributed by atoms with Crippen LogP contribution in [0.2, 0.25) is 0 Å². The van der Waals surface area contributed by atoms with E-state index in [2.05, 4.69) is 10.3 Å². The van der Waals surface area contributed by atoms with E-state index in [1.165, 1.54) is 33.2 Å². The fourth-order valence-electron chi connectivity index (χ4n) is 3.44. The standard InChI is InChI=1S/C22H28N2O11/c1-11(25)24-18-20(34-14(4)28)19(33-13(3)27)17(10-31-12(2)26)35-22(18)32-9-16-15(21(29)30-5)7-6-8-23-16/h6-8,17-20,22H,9-10H2,1-5H3,(H,24,25)/t17-,18-,19+,20-,22-/m1/s1. The quantitative estimate of drug-likeness (QED) is 0.361. The molecule has 1 aromatic heterocycles. The number of methoxy groups -OCH3 is 1. The van der Waals surface area contributed by atoms with Crippen molar-refractivity contribution in [1.82, 2.24) is 10.3 Å². The maximum Gasteiger partial charge on any atom is 0.339 e. The molecule has 0 bridgehead atoms. The van der Waals surface area contributed by atoms with Crippen molar-refractivity contribution in [2.24, 2.45) is 0 Å². The van der Waals surface area contributed by atoms with E-state index in [9.17, 15) is 24.0 Å². The predicted octanol–water partition coefficient (Wildman–Crippen LogP) is 0.0409. The average molecular weight is 496 g/mol. The second-order valence-corrected chi connectivity index (χ2v) is 7.52. The summed E-state index contributed by atoms with van der Waals surface area (Å²) in [5, 5.41) is 2.58. The van der Waals surface area contributed by atoms with Gasteiger partial charge in [0.2, 0.25) is 5.91 Å². The number of carbonyl (C=O) groups excluding carboxylic acids is 5. The molecule has 35 heavy (non-hydrogen) atoms. The second-order valence-electron chi connectivity index (χ2n) is 7.52. The number of nitrogens with one attached hydrogen (secondary N) is 1. The van der Waals surface area contributed by atoms with Crippen LogP contribution in [0.1, 0.15) is 43.7 Å². The number of rotatable bonds is 9. The fourth-order valence-corrected chi connectivity index (χ4v) is 3.44. The normalized spacial score (nSPS) is 23.5. The van der Waals surface area contributed by atoms with Gasteiger partial charge in [-0.3, -0.25) is 24.2 Å². The summed E-state index contributed by atoms with van der Waals surface area (Å²) >= 11 is 0. The Balaban J connectivity index is 2.41. The number of esters is 4. The largest absolute Gasteiger partial charge is 0.465 e. The summed E-state index contributed by atoms with van der Waals surface area (Å²) in [5.74, 6) is -3.23. The lowest BCUT2D eigenvalue weighted by Gasteiger charge is -2.44. The maximum atomic E-state index is 12.1. The molecule has 192 valence electrons. The van der Waals surface area contributed by atoms with Crippen LogP contribution in [-0.4, -0.2) is 79.1 Å². The van der Waals surface area contributed by atoms with Gasteiger partial charge in [0.15, 0.2) is 18.5 Å². The molecule has 13 nitrogen and oxygen atoms in total. The average Bonchev–Trinajstić information content (AvgIpc) is 2.78. The van der Waals surface area contributed by atoms with Crippen LogP contribution in [0.4, 0.5) is 0 Å². The van der Waals surface area contributed by atoms with Crippen molar-refractivity contribution >= 4 is 29.8 Å². The third kappa shape index (κ3) is 8.00. The molecule has 0 aromatic carbocycles. The highest BCUT2D eigenvalue weighted by Crippen LogP contribution is 2.28. The Morgan fingerprint density at radius 3 is 2.23 bits per heavy atom. The molecule has 2 heterocycles. The van der Waals surface area contributed by atoms with Gasteiger partial charge in [-0.1, -0.05) is 0 Å². The molecule has 1 aromatic rings. The summed E-state index contributed by atoms with van der Waals surface area (Å²) in [6.45, 7) is 4.04. The third-order valence-corrected chi connectivity index (χ3v) is 4.75. The van der Waals surface area contributed by atoms with Crippen LogP contribution in [-0.2, 0) is 54.2 Å². The van der Waals surface area contributed by atoms with E-state index in [1.54, 1.807) is 6.07 Å². The Labute approximate surface area is 201 Å². The lowest BCUT2D eigenvalue weighted by Crippen LogP contribution is -2.66. The van der Waals surface area contributed by atoms with Gasteiger partial charge in [0.25, 0.3) is 0 Å². The van der Waals surface area contributed by atoms with Crippen LogP contribution in [0.3, 0.4) is 0 Å². The first-order chi connectivity index (χ1) is 16.5. The smallest absolute Gasteiger partial charge is 0.339 e. The zero-order chi connectivity index (χ0) is 26.1. The fraction of sp³-hybridized carbons (Fsp3) is 0.545. The number of aromatic nitrogens is 1. The zero-order valence-corrected chi connectivity index (χ0v) is 20.0. The number of hydrogen-bond donors (Lipinski definition) is 1. The first kappa shape index (κ1) is 27.7. The van der Waals surface area contributed by atoms with Crippen LogP contribution in [0, 0.1) is 0 Å². The molecular weight excluding hydrogens is 468 g/mol. The van der Waals surface area contributed by atoms with E-state index in [-0.39, 0.29) is 24.5 Å². The Hall–Kier alpha value is -3.58. The summed E-state index contributed by atoms with van der Waals surface area (Å²) in [5.41, 5.74) is 0.361. The molecule has 0 radical (unpaired) electrons. The maximum absolute atomic E-state index is 12.1. The minimum Gasteiger partial charge on any atom is -0.465 e. The SMILES string of the molecule is COC(=O)c1cccnc1CO[C@@H]1O[C@H](COC(C)=O)[C@H](OC(C)=O)[C@H](OC(C)=O)[C@H]1NC(C)=O. The number of hydrogen-bond acceptors (Lipinski definition) is 12. The first-order valence-corrected chi connectivity index (χ1v) is 10.6. The molecule has 0 saturated carbocycles. The number of amides is 1.